The Kier molecular flexibility index (Phi) is 15.0. The number of amides is 1. The van der Waals surface area contributed by atoms with Crippen molar-refractivity contribution in [3.8, 4) is 0 Å². The normalized spacial score (nSPS) is 11.9. The number of allylic oxidation sites excluding steroid dienone is 1. The van der Waals surface area contributed by atoms with Crippen LogP contribution in [0.5, 0.6) is 0 Å². The number of unbranched alkanes of at least 4 members (excludes halogenated alkanes) is 4. The second-order valence-corrected chi connectivity index (χ2v) is 8.76. The second-order valence-electron chi connectivity index (χ2n) is 6.60. The minimum Gasteiger partial charge on any atom is -0.322 e. The number of hydrogen-bond donors (Lipinski definition) is 1. The topological polar surface area (TPSA) is 29.1 Å². The molecule has 0 fully saturated rings. The predicted molar refractivity (Wildman–Crippen MR) is 124 cm³/mol. The minimum atomic E-state index is -0.437. The number of nitrogens with one attached hydrogen (secondary N) is 1. The third-order valence-electron chi connectivity index (χ3n) is 4.14. The molecule has 3 heteroatoms. The van der Waals surface area contributed by atoms with Gasteiger partial charge in [0.1, 0.15) is 0 Å². The molecule has 1 N–H and O–H groups in total. The van der Waals surface area contributed by atoms with Crippen LogP contribution < -0.4 is 5.32 Å². The van der Waals surface area contributed by atoms with Gasteiger partial charge >= 0.3 is 0 Å². The Morgan fingerprint density at radius 2 is 1.62 bits per heavy atom. The van der Waals surface area contributed by atoms with Crippen molar-refractivity contribution in [1.29, 1.82) is 0 Å². The number of carbonyl (C=O) groups excluding carboxylic acids is 1. The van der Waals surface area contributed by atoms with E-state index in [0.717, 1.165) is 23.2 Å². The van der Waals surface area contributed by atoms with E-state index in [9.17, 15) is 4.79 Å². The van der Waals surface area contributed by atoms with Gasteiger partial charge in [0.25, 0.3) is 5.91 Å². The van der Waals surface area contributed by atoms with Crippen molar-refractivity contribution in [2.45, 2.75) is 80.1 Å². The summed E-state index contributed by atoms with van der Waals surface area (Å²) in [6.45, 7) is 12.7. The molecule has 0 saturated heterocycles. The van der Waals surface area contributed by atoms with Crippen LogP contribution in [0.25, 0.3) is 0 Å². The van der Waals surface area contributed by atoms with E-state index in [1.54, 1.807) is 0 Å². The summed E-state index contributed by atoms with van der Waals surface area (Å²) in [5.74, 6) is 0.665. The Morgan fingerprint density at radius 3 is 2.08 bits per heavy atom. The molecule has 26 heavy (non-hydrogen) atoms. The molecule has 0 saturated carbocycles. The SMILES string of the molecule is CC=[SH+](/C=C\CC)CC(=O)Nc1c(C)cccc1C.CCCCCCC. The van der Waals surface area contributed by atoms with Crippen LogP contribution in [0, 0.1) is 13.8 Å². The first-order valence-electron chi connectivity index (χ1n) is 10.1. The molecule has 1 atom stereocenters. The Labute approximate surface area is 164 Å². The summed E-state index contributed by atoms with van der Waals surface area (Å²) >= 11 is 0. The number of rotatable bonds is 9. The van der Waals surface area contributed by atoms with E-state index in [4.69, 9.17) is 0 Å². The van der Waals surface area contributed by atoms with Crippen molar-refractivity contribution in [3.05, 3.63) is 40.8 Å². The maximum absolute atomic E-state index is 12.1. The molecule has 0 radical (unpaired) electrons. The van der Waals surface area contributed by atoms with Crippen molar-refractivity contribution in [2.24, 2.45) is 0 Å². The lowest BCUT2D eigenvalue weighted by molar-refractivity contribution is -0.113. The molecule has 0 aromatic heterocycles. The number of carbonyl (C=O) groups is 1. The number of benzene rings is 1. The molecule has 1 rings (SSSR count). The molecule has 1 aromatic carbocycles. The van der Waals surface area contributed by atoms with E-state index < -0.39 is 10.5 Å². The van der Waals surface area contributed by atoms with Gasteiger partial charge in [-0.2, -0.15) is 0 Å². The molecule has 1 aromatic rings. The number of hydrogen-bond acceptors (Lipinski definition) is 1. The van der Waals surface area contributed by atoms with Crippen molar-refractivity contribution >= 4 is 27.4 Å². The van der Waals surface area contributed by atoms with E-state index in [2.05, 4.69) is 42.9 Å². The summed E-state index contributed by atoms with van der Waals surface area (Å²) in [6, 6.07) is 6.06. The number of anilines is 1. The lowest BCUT2D eigenvalue weighted by Gasteiger charge is -2.10. The van der Waals surface area contributed by atoms with Crippen LogP contribution in [-0.4, -0.2) is 17.0 Å². The van der Waals surface area contributed by atoms with E-state index in [1.165, 1.54) is 32.1 Å². The first kappa shape index (κ1) is 24.7. The second kappa shape index (κ2) is 15.9. The Morgan fingerprint density at radius 1 is 1.04 bits per heavy atom. The van der Waals surface area contributed by atoms with Crippen LogP contribution in [0.1, 0.15) is 77.3 Å². The molecular weight excluding hydrogens is 338 g/mol. The Balaban J connectivity index is 0.000000758. The highest BCUT2D eigenvalue weighted by Crippen LogP contribution is 2.19. The predicted octanol–water partition coefficient (Wildman–Crippen LogP) is 6.32. The summed E-state index contributed by atoms with van der Waals surface area (Å²) in [7, 11) is -0.437. The van der Waals surface area contributed by atoms with Gasteiger partial charge in [0.2, 0.25) is 0 Å². The molecule has 0 aliphatic rings. The van der Waals surface area contributed by atoms with E-state index in [0.29, 0.717) is 5.75 Å². The molecule has 2 nitrogen and oxygen atoms in total. The molecule has 0 aliphatic carbocycles. The average Bonchev–Trinajstić information content (AvgIpc) is 2.63. The fraction of sp³-hybridized carbons (Fsp3) is 0.565. The Hall–Kier alpha value is -1.35. The lowest BCUT2D eigenvalue weighted by Crippen LogP contribution is -2.20. The monoisotopic (exact) mass is 378 g/mol. The smallest absolute Gasteiger partial charge is 0.270 e. The molecule has 148 valence electrons. The molecule has 1 amide bonds. The summed E-state index contributed by atoms with van der Waals surface area (Å²) in [5.41, 5.74) is 3.18. The first-order valence-corrected chi connectivity index (χ1v) is 11.7. The van der Waals surface area contributed by atoms with E-state index in [1.807, 2.05) is 39.0 Å². The number of para-hydroxylation sites is 1. The highest BCUT2D eigenvalue weighted by Gasteiger charge is 2.10. The maximum Gasteiger partial charge on any atom is 0.270 e. The Bertz CT molecular complexity index is 551. The zero-order valence-corrected chi connectivity index (χ0v) is 18.7. The molecule has 0 heterocycles. The number of aryl methyl sites for hydroxylation is 2. The molecule has 1 unspecified atom stereocenters. The van der Waals surface area contributed by atoms with Crippen molar-refractivity contribution < 1.29 is 4.79 Å². The van der Waals surface area contributed by atoms with Gasteiger partial charge in [0.15, 0.2) is 5.75 Å². The van der Waals surface area contributed by atoms with Gasteiger partial charge in [0.05, 0.1) is 10.8 Å². The zero-order valence-electron chi connectivity index (χ0n) is 17.8. The van der Waals surface area contributed by atoms with Crippen LogP contribution in [0.15, 0.2) is 29.7 Å². The molecule has 0 bridgehead atoms. The summed E-state index contributed by atoms with van der Waals surface area (Å²) in [5, 5.41) is 7.34. The van der Waals surface area contributed by atoms with Gasteiger partial charge in [-0.15, -0.1) is 10.5 Å². The third-order valence-corrected chi connectivity index (χ3v) is 6.05. The maximum atomic E-state index is 12.1. The lowest BCUT2D eigenvalue weighted by atomic mass is 10.1. The first-order chi connectivity index (χ1) is 12.5. The van der Waals surface area contributed by atoms with Gasteiger partial charge in [-0.1, -0.05) is 71.1 Å². The fourth-order valence-corrected chi connectivity index (χ4v) is 3.86. The molecular formula is C23H40NOS+. The standard InChI is InChI=1S/C16H23NOS.C7H16/c1-5-7-11-19(6-2)12-15(18)17-16-13(3)9-8-10-14(16)4;1-3-5-7-6-4-2/h6-11H,5,12H2,1-4H3,(H,17,18);3-7H2,1-2H3/p+1/b11-7-;. The van der Waals surface area contributed by atoms with Gasteiger partial charge in [0, 0.05) is 5.69 Å². The fourth-order valence-electron chi connectivity index (χ4n) is 2.50. The van der Waals surface area contributed by atoms with Crippen LogP contribution >= 0.6 is 0 Å². The largest absolute Gasteiger partial charge is 0.322 e. The molecule has 0 spiro atoms. The van der Waals surface area contributed by atoms with Crippen LogP contribution in [0.2, 0.25) is 0 Å². The summed E-state index contributed by atoms with van der Waals surface area (Å²) in [4.78, 5) is 12.1. The van der Waals surface area contributed by atoms with Gasteiger partial charge in [-0.25, -0.2) is 0 Å². The number of thiol groups is 1. The van der Waals surface area contributed by atoms with Crippen LogP contribution in [-0.2, 0) is 15.3 Å². The zero-order chi connectivity index (χ0) is 19.8. The third kappa shape index (κ3) is 11.3. The minimum absolute atomic E-state index is 0.0994. The van der Waals surface area contributed by atoms with Crippen molar-refractivity contribution in [1.82, 2.24) is 0 Å². The van der Waals surface area contributed by atoms with E-state index in [-0.39, 0.29) is 5.91 Å². The summed E-state index contributed by atoms with van der Waals surface area (Å²) in [6.07, 6.45) is 10.2. The van der Waals surface area contributed by atoms with Crippen LogP contribution in [0.3, 0.4) is 0 Å². The highest BCUT2D eigenvalue weighted by molar-refractivity contribution is 7.98. The van der Waals surface area contributed by atoms with Crippen LogP contribution in [0.4, 0.5) is 5.69 Å². The highest BCUT2D eigenvalue weighted by atomic mass is 32.2. The molecule has 0 aliphatic heterocycles. The van der Waals surface area contributed by atoms with Crippen molar-refractivity contribution in [3.63, 3.8) is 0 Å². The van der Waals surface area contributed by atoms with Gasteiger partial charge in [-0.3, -0.25) is 4.79 Å². The summed E-state index contributed by atoms with van der Waals surface area (Å²) < 4.78 is 0. The van der Waals surface area contributed by atoms with E-state index >= 15 is 0 Å². The average molecular weight is 379 g/mol. The van der Waals surface area contributed by atoms with Crippen molar-refractivity contribution in [2.75, 3.05) is 11.1 Å². The van der Waals surface area contributed by atoms with Gasteiger partial charge in [-0.05, 0) is 44.4 Å². The van der Waals surface area contributed by atoms with Gasteiger partial charge < -0.3 is 5.32 Å². The quantitative estimate of drug-likeness (QED) is 0.232.